The maximum absolute atomic E-state index is 12.6. The lowest BCUT2D eigenvalue weighted by molar-refractivity contribution is -0.132. The van der Waals surface area contributed by atoms with E-state index in [0.29, 0.717) is 18.8 Å². The van der Waals surface area contributed by atoms with Crippen molar-refractivity contribution in [1.29, 1.82) is 0 Å². The average Bonchev–Trinajstić information content (AvgIpc) is 3.28. The monoisotopic (exact) mass is 453 g/mol. The van der Waals surface area contributed by atoms with E-state index in [2.05, 4.69) is 25.5 Å². The van der Waals surface area contributed by atoms with Gasteiger partial charge in [-0.15, -0.1) is 0 Å². The number of unbranched alkanes of at least 4 members (excludes halogenated alkanes) is 1. The fraction of sp³-hybridized carbons (Fsp3) is 0.704. The minimum absolute atomic E-state index is 0.266. The van der Waals surface area contributed by atoms with E-state index in [-0.39, 0.29) is 5.91 Å². The third kappa shape index (κ3) is 7.82. The largest absolute Gasteiger partial charge is 0.343 e. The van der Waals surface area contributed by atoms with Crippen molar-refractivity contribution in [2.24, 2.45) is 11.8 Å². The molecule has 3 N–H and O–H groups in total. The van der Waals surface area contributed by atoms with E-state index < -0.39 is 0 Å². The number of nitrogens with zero attached hydrogens (tertiary/aromatic N) is 2. The van der Waals surface area contributed by atoms with Crippen molar-refractivity contribution >= 4 is 16.9 Å². The predicted molar refractivity (Wildman–Crippen MR) is 135 cm³/mol. The Labute approximate surface area is 199 Å². The molecule has 0 spiro atoms. The Bertz CT molecular complexity index is 803. The van der Waals surface area contributed by atoms with Crippen LogP contribution in [0.2, 0.25) is 0 Å². The molecule has 0 radical (unpaired) electrons. The van der Waals surface area contributed by atoms with Crippen LogP contribution in [0, 0.1) is 11.8 Å². The molecule has 2 aliphatic rings. The number of amides is 1. The number of carbonyl (C=O) groups excluding carboxylic acids is 1. The van der Waals surface area contributed by atoms with Crippen molar-refractivity contribution in [2.45, 2.75) is 70.6 Å². The van der Waals surface area contributed by atoms with Crippen molar-refractivity contribution in [3.63, 3.8) is 0 Å². The molecule has 1 aromatic carbocycles. The second kappa shape index (κ2) is 13.1. The Kier molecular flexibility index (Phi) is 9.61. The van der Waals surface area contributed by atoms with Crippen LogP contribution < -0.4 is 10.6 Å². The van der Waals surface area contributed by atoms with Gasteiger partial charge in [0.15, 0.2) is 0 Å². The summed E-state index contributed by atoms with van der Waals surface area (Å²) in [4.78, 5) is 22.6. The maximum Gasteiger partial charge on any atom is 0.223 e. The van der Waals surface area contributed by atoms with Gasteiger partial charge in [0.25, 0.3) is 0 Å². The summed E-state index contributed by atoms with van der Waals surface area (Å²) in [5.41, 5.74) is 2.02. The molecule has 0 unspecified atom stereocenters. The van der Waals surface area contributed by atoms with E-state index in [1.807, 2.05) is 24.3 Å². The topological polar surface area (TPSA) is 73.0 Å². The number of aromatic amines is 1. The van der Waals surface area contributed by atoms with Crippen LogP contribution in [0.5, 0.6) is 0 Å². The third-order valence-electron chi connectivity index (χ3n) is 7.53. The minimum atomic E-state index is 0.266. The third-order valence-corrected chi connectivity index (χ3v) is 7.53. The average molecular weight is 454 g/mol. The second-order valence-corrected chi connectivity index (χ2v) is 10.1. The van der Waals surface area contributed by atoms with Crippen molar-refractivity contribution in [2.75, 3.05) is 39.3 Å². The molecular weight excluding hydrogens is 410 g/mol. The molecule has 1 saturated heterocycles. The van der Waals surface area contributed by atoms with Crippen LogP contribution in [0.3, 0.4) is 0 Å². The summed E-state index contributed by atoms with van der Waals surface area (Å²) < 4.78 is 0. The molecule has 4 rings (SSSR count). The first-order valence-corrected chi connectivity index (χ1v) is 13.4. The Morgan fingerprint density at radius 3 is 2.30 bits per heavy atom. The number of nitrogens with one attached hydrogen (secondary N) is 3. The lowest BCUT2D eigenvalue weighted by Gasteiger charge is -2.32. The Balaban J connectivity index is 1.01. The second-order valence-electron chi connectivity index (χ2n) is 10.1. The number of hydrogen-bond acceptors (Lipinski definition) is 4. The Morgan fingerprint density at radius 1 is 0.939 bits per heavy atom. The van der Waals surface area contributed by atoms with Crippen molar-refractivity contribution in [3.8, 4) is 0 Å². The molecule has 6 heteroatoms. The number of likely N-dealkylation sites (tertiary alicyclic amines) is 1. The van der Waals surface area contributed by atoms with Gasteiger partial charge in [-0.3, -0.25) is 4.79 Å². The number of benzene rings is 1. The molecule has 1 aromatic heterocycles. The zero-order valence-electron chi connectivity index (χ0n) is 20.3. The number of fused-ring (bicyclic) bond motifs is 1. The van der Waals surface area contributed by atoms with Crippen LogP contribution in [0.25, 0.3) is 11.0 Å². The fourth-order valence-electron chi connectivity index (χ4n) is 5.40. The molecule has 1 aliphatic carbocycles. The molecule has 2 fully saturated rings. The summed E-state index contributed by atoms with van der Waals surface area (Å²) in [7, 11) is 0. The number of para-hydroxylation sites is 2. The molecule has 1 saturated carbocycles. The molecule has 6 nitrogen and oxygen atoms in total. The van der Waals surface area contributed by atoms with E-state index in [1.165, 1.54) is 51.5 Å². The first kappa shape index (κ1) is 24.2. The fourth-order valence-corrected chi connectivity index (χ4v) is 5.40. The molecule has 0 bridgehead atoms. The molecule has 2 aromatic rings. The van der Waals surface area contributed by atoms with E-state index in [0.717, 1.165) is 68.3 Å². The number of H-pyrrole nitrogens is 1. The molecule has 182 valence electrons. The predicted octanol–water partition coefficient (Wildman–Crippen LogP) is 4.27. The number of imidazole rings is 1. The highest BCUT2D eigenvalue weighted by Gasteiger charge is 2.22. The first-order valence-electron chi connectivity index (χ1n) is 13.4. The van der Waals surface area contributed by atoms with Gasteiger partial charge in [0.1, 0.15) is 5.82 Å². The number of aryl methyl sites for hydroxylation is 1. The van der Waals surface area contributed by atoms with Gasteiger partial charge in [0.05, 0.1) is 11.0 Å². The molecule has 33 heavy (non-hydrogen) atoms. The van der Waals surface area contributed by atoms with Crippen LogP contribution in [0.15, 0.2) is 24.3 Å². The van der Waals surface area contributed by atoms with Crippen molar-refractivity contribution < 1.29 is 4.79 Å². The lowest BCUT2D eigenvalue weighted by atomic mass is 9.89. The van der Waals surface area contributed by atoms with Crippen LogP contribution in [-0.4, -0.2) is 60.0 Å². The lowest BCUT2D eigenvalue weighted by Crippen LogP contribution is -2.41. The van der Waals surface area contributed by atoms with Gasteiger partial charge in [-0.05, 0) is 88.7 Å². The number of hydrogen-bond donors (Lipinski definition) is 3. The number of carbonyl (C=O) groups is 1. The SMILES string of the molecule is O=C(CCc1nc2ccccc2[nH]1)N1CCC(CNCCCCNCC2CCCCC2)CC1. The van der Waals surface area contributed by atoms with Gasteiger partial charge in [-0.25, -0.2) is 4.98 Å². The van der Waals surface area contributed by atoms with E-state index in [9.17, 15) is 4.79 Å². The molecule has 1 aliphatic heterocycles. The van der Waals surface area contributed by atoms with Gasteiger partial charge in [0, 0.05) is 25.9 Å². The van der Waals surface area contributed by atoms with Gasteiger partial charge in [-0.1, -0.05) is 31.4 Å². The van der Waals surface area contributed by atoms with Crippen molar-refractivity contribution in [1.82, 2.24) is 25.5 Å². The summed E-state index contributed by atoms with van der Waals surface area (Å²) in [6.07, 6.45) is 13.1. The molecule has 0 atom stereocenters. The highest BCUT2D eigenvalue weighted by Crippen LogP contribution is 2.22. The summed E-state index contributed by atoms with van der Waals surface area (Å²) in [6.45, 7) is 6.39. The zero-order chi connectivity index (χ0) is 22.7. The minimum Gasteiger partial charge on any atom is -0.343 e. The number of rotatable bonds is 12. The quantitative estimate of drug-likeness (QED) is 0.420. The zero-order valence-corrected chi connectivity index (χ0v) is 20.3. The Morgan fingerprint density at radius 2 is 1.61 bits per heavy atom. The maximum atomic E-state index is 12.6. The first-order chi connectivity index (χ1) is 16.3. The standard InChI is InChI=1S/C27H43N5O/c33-27(13-12-26-30-24-10-4-5-11-25(24)31-26)32-18-14-23(15-19-32)21-29-17-7-6-16-28-20-22-8-2-1-3-9-22/h4-5,10-11,22-23,28-29H,1-3,6-9,12-21H2,(H,30,31). The van der Waals surface area contributed by atoms with Gasteiger partial charge in [-0.2, -0.15) is 0 Å². The summed E-state index contributed by atoms with van der Waals surface area (Å²) in [5, 5.41) is 7.32. The van der Waals surface area contributed by atoms with E-state index >= 15 is 0 Å². The van der Waals surface area contributed by atoms with Gasteiger partial charge in [0.2, 0.25) is 5.91 Å². The highest BCUT2D eigenvalue weighted by atomic mass is 16.2. The number of piperidine rings is 1. The number of aromatic nitrogens is 2. The summed E-state index contributed by atoms with van der Waals surface area (Å²) in [5.74, 6) is 2.81. The Hall–Kier alpha value is -1.92. The van der Waals surface area contributed by atoms with Crippen LogP contribution in [-0.2, 0) is 11.2 Å². The van der Waals surface area contributed by atoms with Crippen molar-refractivity contribution in [3.05, 3.63) is 30.1 Å². The smallest absolute Gasteiger partial charge is 0.223 e. The summed E-state index contributed by atoms with van der Waals surface area (Å²) in [6, 6.07) is 8.03. The van der Waals surface area contributed by atoms with Crippen LogP contribution >= 0.6 is 0 Å². The van der Waals surface area contributed by atoms with Gasteiger partial charge < -0.3 is 20.5 Å². The van der Waals surface area contributed by atoms with Crippen LogP contribution in [0.4, 0.5) is 0 Å². The van der Waals surface area contributed by atoms with Gasteiger partial charge >= 0.3 is 0 Å². The van der Waals surface area contributed by atoms with E-state index in [4.69, 9.17) is 0 Å². The van der Waals surface area contributed by atoms with E-state index in [1.54, 1.807) is 0 Å². The normalized spacial score (nSPS) is 18.2. The molecule has 1 amide bonds. The highest BCUT2D eigenvalue weighted by molar-refractivity contribution is 5.77. The van der Waals surface area contributed by atoms with Crippen LogP contribution in [0.1, 0.15) is 70.0 Å². The molecule has 2 heterocycles. The molecular formula is C27H43N5O. The summed E-state index contributed by atoms with van der Waals surface area (Å²) >= 11 is 0.